The van der Waals surface area contributed by atoms with E-state index in [1.807, 2.05) is 19.0 Å². The van der Waals surface area contributed by atoms with Gasteiger partial charge in [-0.15, -0.1) is 0 Å². The number of ketones is 2. The highest BCUT2D eigenvalue weighted by atomic mass is 33.1. The highest BCUT2D eigenvalue weighted by molar-refractivity contribution is 8.76. The molecule has 2 aromatic heterocycles. The van der Waals surface area contributed by atoms with Gasteiger partial charge in [0.15, 0.2) is 35.8 Å². The van der Waals surface area contributed by atoms with Crippen molar-refractivity contribution in [3.8, 4) is 11.5 Å². The summed E-state index contributed by atoms with van der Waals surface area (Å²) >= 11 is 0. The maximum atomic E-state index is 14.1. The number of aliphatic hydroxyl groups is 2. The number of phenols is 2. The molecule has 2 fully saturated rings. The maximum Gasteiger partial charge on any atom is 0.364 e. The van der Waals surface area contributed by atoms with Crippen molar-refractivity contribution in [2.24, 2.45) is 0 Å². The zero-order valence-corrected chi connectivity index (χ0v) is 58.6. The molecular formula is C67H81N11O23S2. The number of carboxylic acids is 1. The number of methoxy groups -OCH3 is 1. The van der Waals surface area contributed by atoms with Crippen molar-refractivity contribution in [1.29, 1.82) is 0 Å². The number of benzene rings is 3. The molecule has 3 aromatic carbocycles. The van der Waals surface area contributed by atoms with Gasteiger partial charge in [-0.25, -0.2) is 19.6 Å². The molecule has 14 atom stereocenters. The van der Waals surface area contributed by atoms with Crippen LogP contribution < -0.4 is 38.1 Å². The van der Waals surface area contributed by atoms with Gasteiger partial charge in [-0.3, -0.25) is 54.3 Å². The van der Waals surface area contributed by atoms with Gasteiger partial charge in [-0.1, -0.05) is 40.6 Å². The molecule has 5 aromatic rings. The van der Waals surface area contributed by atoms with Gasteiger partial charge in [0.25, 0.3) is 11.5 Å². The van der Waals surface area contributed by atoms with Crippen molar-refractivity contribution in [2.45, 2.75) is 177 Å². The number of hydrazine groups is 1. The molecule has 103 heavy (non-hydrogen) atoms. The summed E-state index contributed by atoms with van der Waals surface area (Å²) < 4.78 is 43.6. The predicted molar refractivity (Wildman–Crippen MR) is 365 cm³/mol. The van der Waals surface area contributed by atoms with Crippen LogP contribution in [-0.4, -0.2) is 209 Å². The number of carbonyl (C=O) groups is 8. The highest BCUT2D eigenvalue weighted by Crippen LogP contribution is 2.54. The molecular weight excluding hydrogens is 1390 g/mol. The van der Waals surface area contributed by atoms with Crippen LogP contribution in [0.1, 0.15) is 157 Å². The Morgan fingerprint density at radius 3 is 2.27 bits per heavy atom. The van der Waals surface area contributed by atoms with Crippen molar-refractivity contribution < 1.29 is 107 Å². The number of nitrogens with one attached hydrogen (secondary N) is 6. The van der Waals surface area contributed by atoms with E-state index in [4.69, 9.17) is 44.1 Å². The molecule has 5 unspecified atom stereocenters. The Labute approximate surface area is 596 Å². The number of aromatic hydroxyl groups is 2. The number of nitrogens with two attached hydrogens (primary N) is 1. The molecule has 14 N–H and O–H groups in total. The molecule has 2 saturated heterocycles. The fraction of sp³-hybridized carbons (Fsp3) is 0.493. The number of hydrogen-bond acceptors (Lipinski definition) is 31. The quantitative estimate of drug-likeness (QED) is 0.0110. The van der Waals surface area contributed by atoms with Gasteiger partial charge in [0.05, 0.1) is 72.4 Å². The number of aliphatic carboxylic acids is 1. The standard InChI is InChI=1S/C67H81N11O23S2/c1-8-67(92)25-44(51-36(53(67)65(91)94-7)22-37-52(57(51)85)56(84)50-35(55(37)83)10-9-11-42(50)79)98-48-23-41(78(5)6)58(30(3)96-48)100-49-24-43(80)59(31(4)97-49)99-47-19-17-38(29(2)95-47)76-77-46(82)20-21-102-103-28-40(64(90)101-93)72-45(81)18-16-39(63(88)89)73-61(86)32-12-14-33(15-13-32)69-26-34-27-70-60-54(71-34)62(87)75-66(68)74-60/h9-15,22,27,30-31,39-41,43-44,47-49,53,58-59,69,76,79-80,85,92-93H,8,16-21,23-26,28H2,1-7H3,(H,72,81)(H,73,86)(H,77,82)(H,88,89)(H3,68,70,74,75,87)/t30?,31?,39-,40?,41+,43+,44-,47-,48-,49-,53-,58?,59?,67+/m0/s1. The first-order valence-corrected chi connectivity index (χ1v) is 35.5. The molecule has 5 heterocycles. The normalized spacial score (nSPS) is 25.1. The summed E-state index contributed by atoms with van der Waals surface area (Å²) in [6.07, 6.45) is -6.70. The predicted octanol–water partition coefficient (Wildman–Crippen LogP) is 3.21. The minimum Gasteiger partial charge on any atom is -0.507 e. The number of hydrogen-bond donors (Lipinski definition) is 13. The van der Waals surface area contributed by atoms with Crippen LogP contribution >= 0.6 is 21.6 Å². The average Bonchev–Trinajstić information content (AvgIpc) is 0.711. The molecule has 0 saturated carbocycles. The second kappa shape index (κ2) is 33.1. The fourth-order valence-electron chi connectivity index (χ4n) is 13.1. The highest BCUT2D eigenvalue weighted by Gasteiger charge is 2.54. The number of nitrogen functional groups attached to an aromatic ring is 1. The number of phenolic OH excluding ortho intramolecular Hbond substituents is 2. The van der Waals surface area contributed by atoms with Crippen molar-refractivity contribution in [2.75, 3.05) is 43.8 Å². The minimum absolute atomic E-state index is 0.00108. The third-order valence-corrected chi connectivity index (χ3v) is 20.9. The summed E-state index contributed by atoms with van der Waals surface area (Å²) in [4.78, 5) is 138. The first kappa shape index (κ1) is 76.6. The molecule has 5 aliphatic rings. The lowest BCUT2D eigenvalue weighted by atomic mass is 9.67. The van der Waals surface area contributed by atoms with Gasteiger partial charge in [-0.2, -0.15) is 10.2 Å². The summed E-state index contributed by atoms with van der Waals surface area (Å²) in [7, 11) is 7.10. The monoisotopic (exact) mass is 1470 g/mol. The van der Waals surface area contributed by atoms with Crippen LogP contribution in [0.5, 0.6) is 11.5 Å². The SMILES string of the molecule is CC[C@@]1(O)C[C@H](O[C@H]2C[C@@H](N(C)C)C(O[C@H]3C[C@@H](O)C(O[C@H]4CCC(NNC(=O)CCSSCC(NC(=O)CC[C@H](NC(=O)c5ccc(NCc6cnc7nc(N)[nH]c(=O)c7n6)cc5)C(=O)O)C(=O)OO)=C(C)O4)C(C)O3)C(C)O2)c2c(cc3c(c2O)C(=O)c2c(O)cccc2C3=O)[C@H]1C(=O)OC. The molecule has 0 spiro atoms. The summed E-state index contributed by atoms with van der Waals surface area (Å²) in [5.41, 5.74) is 9.46. The van der Waals surface area contributed by atoms with Gasteiger partial charge in [0.1, 0.15) is 47.5 Å². The van der Waals surface area contributed by atoms with E-state index in [1.165, 1.54) is 53.4 Å². The molecule has 10 rings (SSSR count). The molecule has 0 bridgehead atoms. The zero-order chi connectivity index (χ0) is 74.3. The molecule has 36 heteroatoms. The summed E-state index contributed by atoms with van der Waals surface area (Å²) in [6, 6.07) is 8.06. The summed E-state index contributed by atoms with van der Waals surface area (Å²) in [5.74, 6) is -8.94. The average molecular weight is 1470 g/mol. The number of rotatable bonds is 28. The largest absolute Gasteiger partial charge is 0.507 e. The van der Waals surface area contributed by atoms with Crippen LogP contribution in [0.25, 0.3) is 11.2 Å². The molecule has 2 aliphatic carbocycles. The number of allylic oxidation sites excluding steroid dienone is 2. The van der Waals surface area contributed by atoms with E-state index in [1.54, 1.807) is 39.8 Å². The van der Waals surface area contributed by atoms with Crippen LogP contribution in [0.2, 0.25) is 0 Å². The Balaban J connectivity index is 0.641. The topological polar surface area (TPSA) is 493 Å². The van der Waals surface area contributed by atoms with E-state index >= 15 is 0 Å². The van der Waals surface area contributed by atoms with Crippen LogP contribution in [-0.2, 0) is 68.6 Å². The fourth-order valence-corrected chi connectivity index (χ4v) is 15.3. The maximum absolute atomic E-state index is 14.1. The van der Waals surface area contributed by atoms with Crippen molar-refractivity contribution >= 4 is 91.6 Å². The first-order valence-electron chi connectivity index (χ1n) is 33.0. The third-order valence-electron chi connectivity index (χ3n) is 18.5. The van der Waals surface area contributed by atoms with E-state index in [0.717, 1.165) is 17.9 Å². The van der Waals surface area contributed by atoms with E-state index in [0.29, 0.717) is 35.7 Å². The first-order chi connectivity index (χ1) is 49.1. The number of likely N-dealkylation sites (N-methyl/N-ethyl adjacent to an activating group) is 1. The smallest absolute Gasteiger partial charge is 0.364 e. The third kappa shape index (κ3) is 17.4. The van der Waals surface area contributed by atoms with Gasteiger partial charge < -0.3 is 85.3 Å². The van der Waals surface area contributed by atoms with Crippen LogP contribution in [0.4, 0.5) is 11.6 Å². The molecule has 34 nitrogen and oxygen atoms in total. The summed E-state index contributed by atoms with van der Waals surface area (Å²) in [6.45, 7) is 7.00. The van der Waals surface area contributed by atoms with Crippen molar-refractivity contribution in [3.05, 3.63) is 121 Å². The number of nitrogens with zero attached hydrogens (tertiary/aromatic N) is 4. The number of H-pyrrole nitrogens is 1. The number of ether oxygens (including phenoxy) is 7. The molecule has 3 amide bonds. The molecule has 554 valence electrons. The molecule has 0 radical (unpaired) electrons. The van der Waals surface area contributed by atoms with Gasteiger partial charge >= 0.3 is 17.9 Å². The number of anilines is 2. The van der Waals surface area contributed by atoms with Gasteiger partial charge in [0.2, 0.25) is 23.5 Å². The number of carbonyl (C=O) groups excluding carboxylic acids is 7. The lowest BCUT2D eigenvalue weighted by Gasteiger charge is -2.48. The zero-order valence-electron chi connectivity index (χ0n) is 57.0. The van der Waals surface area contributed by atoms with E-state index in [-0.39, 0.29) is 113 Å². The lowest BCUT2D eigenvalue weighted by molar-refractivity contribution is -0.321. The number of aliphatic hydroxyl groups excluding tert-OH is 1. The number of amides is 3. The number of aromatic nitrogens is 4. The Morgan fingerprint density at radius 2 is 1.59 bits per heavy atom. The second-order valence-corrected chi connectivity index (χ2v) is 28.2. The number of esters is 1. The Hall–Kier alpha value is -9.08. The number of carboxylic acid groups (broad SMARTS) is 1. The van der Waals surface area contributed by atoms with Crippen LogP contribution in [0, 0.1) is 0 Å². The summed E-state index contributed by atoms with van der Waals surface area (Å²) in [5, 5.41) is 73.5. The van der Waals surface area contributed by atoms with Crippen molar-refractivity contribution in [1.82, 2.24) is 46.3 Å². The van der Waals surface area contributed by atoms with Crippen molar-refractivity contribution in [3.63, 3.8) is 0 Å². The lowest BCUT2D eigenvalue weighted by Crippen LogP contribution is -2.58. The van der Waals surface area contributed by atoms with Crippen LogP contribution in [0.3, 0.4) is 0 Å². The van der Waals surface area contributed by atoms with Gasteiger partial charge in [0, 0.05) is 84.0 Å². The molecule has 3 aliphatic heterocycles. The Bertz CT molecular complexity index is 4140. The van der Waals surface area contributed by atoms with E-state index < -0.39 is 156 Å². The number of fused-ring (bicyclic) bond motifs is 4. The van der Waals surface area contributed by atoms with Crippen LogP contribution in [0.15, 0.2) is 71.0 Å². The van der Waals surface area contributed by atoms with E-state index in [9.17, 15) is 68.7 Å². The minimum atomic E-state index is -1.82. The second-order valence-electron chi connectivity index (χ2n) is 25.6. The number of aromatic amines is 1. The van der Waals surface area contributed by atoms with E-state index in [2.05, 4.69) is 51.6 Å². The Morgan fingerprint density at radius 1 is 0.874 bits per heavy atom. The van der Waals surface area contributed by atoms with Gasteiger partial charge in [-0.05, 0) is 96.1 Å². The Kier molecular flexibility index (Phi) is 24.6.